The smallest absolute Gasteiger partial charge is 0.306 e. The predicted molar refractivity (Wildman–Crippen MR) is 339 cm³/mol. The van der Waals surface area contributed by atoms with E-state index in [-0.39, 0.29) is 31.1 Å². The van der Waals surface area contributed by atoms with E-state index >= 15 is 0 Å². The van der Waals surface area contributed by atoms with Crippen LogP contribution in [-0.4, -0.2) is 37.2 Å². The molecule has 0 aromatic rings. The van der Waals surface area contributed by atoms with Crippen molar-refractivity contribution in [2.45, 2.75) is 354 Å². The molecule has 0 amide bonds. The molecule has 0 saturated carbocycles. The predicted octanol–water partition coefficient (Wildman–Crippen LogP) is 23.3. The Morgan fingerprint density at radius 3 is 0.795 bits per heavy atom. The molecule has 0 bridgehead atoms. The van der Waals surface area contributed by atoms with E-state index in [2.05, 4.69) is 93.7 Å². The SMILES string of the molecule is CC/C=C\C/C=C\C/C=C\C/C=C\CCCCCCCCCCCCCCCCCCC(=O)OCC(COC(=O)CCCCCCCCCCCCCCCCC)OC(=O)CCCCCCC/C=C\C/C=C\CCCCCC. The molecule has 0 rings (SSSR count). The van der Waals surface area contributed by atoms with Crippen molar-refractivity contribution in [1.82, 2.24) is 0 Å². The summed E-state index contributed by atoms with van der Waals surface area (Å²) in [4.78, 5) is 38.4. The van der Waals surface area contributed by atoms with Crippen LogP contribution in [-0.2, 0) is 28.6 Å². The van der Waals surface area contributed by atoms with Gasteiger partial charge in [-0.2, -0.15) is 0 Å². The molecular formula is C72H128O6. The van der Waals surface area contributed by atoms with Gasteiger partial charge in [0.15, 0.2) is 6.10 Å². The lowest BCUT2D eigenvalue weighted by Crippen LogP contribution is -2.30. The molecule has 0 N–H and O–H groups in total. The van der Waals surface area contributed by atoms with E-state index in [1.807, 2.05) is 0 Å². The fourth-order valence-corrected chi connectivity index (χ4v) is 9.88. The Morgan fingerprint density at radius 1 is 0.269 bits per heavy atom. The number of rotatable bonds is 62. The summed E-state index contributed by atoms with van der Waals surface area (Å²) in [6.45, 7) is 6.55. The number of esters is 3. The van der Waals surface area contributed by atoms with Crippen molar-refractivity contribution in [2.24, 2.45) is 0 Å². The number of allylic oxidation sites excluding steroid dienone is 12. The maximum absolute atomic E-state index is 12.9. The van der Waals surface area contributed by atoms with Crippen molar-refractivity contribution in [3.63, 3.8) is 0 Å². The summed E-state index contributed by atoms with van der Waals surface area (Å²) in [5, 5.41) is 0. The summed E-state index contributed by atoms with van der Waals surface area (Å²) in [5.74, 6) is -0.869. The maximum Gasteiger partial charge on any atom is 0.306 e. The van der Waals surface area contributed by atoms with E-state index in [9.17, 15) is 14.4 Å². The van der Waals surface area contributed by atoms with E-state index in [1.165, 1.54) is 199 Å². The molecule has 0 fully saturated rings. The summed E-state index contributed by atoms with van der Waals surface area (Å²) < 4.78 is 17.0. The van der Waals surface area contributed by atoms with Crippen molar-refractivity contribution < 1.29 is 28.6 Å². The summed E-state index contributed by atoms with van der Waals surface area (Å²) in [7, 11) is 0. The van der Waals surface area contributed by atoms with Crippen LogP contribution in [0.25, 0.3) is 0 Å². The summed E-state index contributed by atoms with van der Waals surface area (Å²) in [6.07, 6.45) is 86.3. The lowest BCUT2D eigenvalue weighted by Gasteiger charge is -2.18. The standard InChI is InChI=1S/C72H128O6/c1-4-7-10-13-16-19-22-25-28-30-31-32-33-34-35-36-37-38-39-40-41-42-45-47-50-53-56-59-62-65-71(74)77-68-69(67-76-70(73)64-61-58-55-52-49-46-43-27-24-21-18-15-12-9-6-3)78-72(75)66-63-60-57-54-51-48-44-29-26-23-20-17-14-11-8-5-2/h7,10,16,19-20,23,25,28-29,31-32,44,69H,4-6,8-9,11-15,17-18,21-22,24,26-27,30,33-43,45-68H2,1-3H3/b10-7-,19-16-,23-20-,28-25-,32-31-,44-29-. The Kier molecular flexibility index (Phi) is 63.7. The number of hydrogen-bond donors (Lipinski definition) is 0. The Bertz CT molecular complexity index is 1440. The minimum Gasteiger partial charge on any atom is -0.462 e. The molecule has 6 heteroatoms. The van der Waals surface area contributed by atoms with E-state index in [1.54, 1.807) is 0 Å². The topological polar surface area (TPSA) is 78.9 Å². The zero-order valence-corrected chi connectivity index (χ0v) is 51.9. The van der Waals surface area contributed by atoms with Gasteiger partial charge in [-0.25, -0.2) is 0 Å². The summed E-state index contributed by atoms with van der Waals surface area (Å²) >= 11 is 0. The lowest BCUT2D eigenvalue weighted by molar-refractivity contribution is -0.167. The van der Waals surface area contributed by atoms with Crippen LogP contribution in [0.5, 0.6) is 0 Å². The molecular weight excluding hydrogens is 961 g/mol. The van der Waals surface area contributed by atoms with Crippen molar-refractivity contribution in [3.05, 3.63) is 72.9 Å². The van der Waals surface area contributed by atoms with Crippen LogP contribution in [0.4, 0.5) is 0 Å². The first kappa shape index (κ1) is 74.8. The number of carbonyl (C=O) groups is 3. The number of carbonyl (C=O) groups excluding carboxylic acids is 3. The van der Waals surface area contributed by atoms with E-state index < -0.39 is 6.10 Å². The van der Waals surface area contributed by atoms with Crippen molar-refractivity contribution in [3.8, 4) is 0 Å². The van der Waals surface area contributed by atoms with Gasteiger partial charge < -0.3 is 14.2 Å². The lowest BCUT2D eigenvalue weighted by atomic mass is 10.0. The van der Waals surface area contributed by atoms with Gasteiger partial charge in [-0.05, 0) is 89.9 Å². The molecule has 0 saturated heterocycles. The molecule has 1 atom stereocenters. The molecule has 0 heterocycles. The second kappa shape index (κ2) is 66.4. The Labute approximate surface area is 484 Å². The van der Waals surface area contributed by atoms with Gasteiger partial charge in [0.25, 0.3) is 0 Å². The summed E-state index contributed by atoms with van der Waals surface area (Å²) in [5.41, 5.74) is 0. The number of ether oxygens (including phenoxy) is 3. The quantitative estimate of drug-likeness (QED) is 0.0261. The molecule has 1 unspecified atom stereocenters. The third-order valence-electron chi connectivity index (χ3n) is 14.9. The largest absolute Gasteiger partial charge is 0.462 e. The average Bonchev–Trinajstić information content (AvgIpc) is 3.44. The minimum absolute atomic E-state index is 0.0759. The van der Waals surface area contributed by atoms with Crippen LogP contribution >= 0.6 is 0 Å². The van der Waals surface area contributed by atoms with Crippen molar-refractivity contribution >= 4 is 17.9 Å². The van der Waals surface area contributed by atoms with Gasteiger partial charge >= 0.3 is 17.9 Å². The highest BCUT2D eigenvalue weighted by molar-refractivity contribution is 5.71. The van der Waals surface area contributed by atoms with Crippen LogP contribution < -0.4 is 0 Å². The molecule has 0 aliphatic carbocycles. The highest BCUT2D eigenvalue weighted by atomic mass is 16.6. The highest BCUT2D eigenvalue weighted by Gasteiger charge is 2.19. The van der Waals surface area contributed by atoms with Gasteiger partial charge in [0.2, 0.25) is 0 Å². The molecule has 78 heavy (non-hydrogen) atoms. The molecule has 0 aromatic heterocycles. The van der Waals surface area contributed by atoms with Crippen LogP contribution in [0.1, 0.15) is 348 Å². The second-order valence-electron chi connectivity index (χ2n) is 22.7. The fraction of sp³-hybridized carbons (Fsp3) is 0.792. The Hall–Kier alpha value is -3.15. The van der Waals surface area contributed by atoms with Crippen LogP contribution in [0.3, 0.4) is 0 Å². The third kappa shape index (κ3) is 63.7. The molecule has 0 aliphatic rings. The zero-order valence-electron chi connectivity index (χ0n) is 51.9. The monoisotopic (exact) mass is 1090 g/mol. The number of unbranched alkanes of at least 4 members (excludes halogenated alkanes) is 39. The first-order valence-electron chi connectivity index (χ1n) is 33.9. The van der Waals surface area contributed by atoms with Crippen LogP contribution in [0.2, 0.25) is 0 Å². The van der Waals surface area contributed by atoms with Crippen molar-refractivity contribution in [1.29, 1.82) is 0 Å². The van der Waals surface area contributed by atoms with E-state index in [4.69, 9.17) is 14.2 Å². The van der Waals surface area contributed by atoms with Crippen LogP contribution in [0.15, 0.2) is 72.9 Å². The van der Waals surface area contributed by atoms with Gasteiger partial charge in [-0.1, -0.05) is 312 Å². The fourth-order valence-electron chi connectivity index (χ4n) is 9.88. The zero-order chi connectivity index (χ0) is 56.4. The number of hydrogen-bond acceptors (Lipinski definition) is 6. The van der Waals surface area contributed by atoms with Gasteiger partial charge in [-0.3, -0.25) is 14.4 Å². The molecule has 0 aliphatic heterocycles. The van der Waals surface area contributed by atoms with E-state index in [0.717, 1.165) is 109 Å². The van der Waals surface area contributed by atoms with Crippen LogP contribution in [0, 0.1) is 0 Å². The third-order valence-corrected chi connectivity index (χ3v) is 14.9. The van der Waals surface area contributed by atoms with Gasteiger partial charge in [-0.15, -0.1) is 0 Å². The molecule has 6 nitrogen and oxygen atoms in total. The van der Waals surface area contributed by atoms with E-state index in [0.29, 0.717) is 19.3 Å². The maximum atomic E-state index is 12.9. The highest BCUT2D eigenvalue weighted by Crippen LogP contribution is 2.17. The Balaban J connectivity index is 4.23. The van der Waals surface area contributed by atoms with Crippen molar-refractivity contribution in [2.75, 3.05) is 13.2 Å². The summed E-state index contributed by atoms with van der Waals surface area (Å²) in [6, 6.07) is 0. The molecule has 0 spiro atoms. The molecule has 0 aromatic carbocycles. The minimum atomic E-state index is -0.781. The van der Waals surface area contributed by atoms with Gasteiger partial charge in [0.05, 0.1) is 0 Å². The first-order valence-corrected chi connectivity index (χ1v) is 33.9. The molecule has 0 radical (unpaired) electrons. The molecule has 452 valence electrons. The average molecular weight is 1090 g/mol. The van der Waals surface area contributed by atoms with Gasteiger partial charge in [0.1, 0.15) is 13.2 Å². The first-order chi connectivity index (χ1) is 38.5. The normalized spacial score (nSPS) is 12.5. The Morgan fingerprint density at radius 2 is 0.500 bits per heavy atom. The van der Waals surface area contributed by atoms with Gasteiger partial charge in [0, 0.05) is 19.3 Å². The second-order valence-corrected chi connectivity index (χ2v) is 22.7.